The first kappa shape index (κ1) is 22.2. The van der Waals surface area contributed by atoms with Crippen LogP contribution >= 0.6 is 11.6 Å². The topological polar surface area (TPSA) is 18.5 Å². The summed E-state index contributed by atoms with van der Waals surface area (Å²) in [5.41, 5.74) is 3.20. The Labute approximate surface area is 183 Å². The molecule has 3 aromatic carbocycles. The van der Waals surface area contributed by atoms with Gasteiger partial charge in [0, 0.05) is 11.1 Å². The third kappa shape index (κ3) is 5.76. The van der Waals surface area contributed by atoms with E-state index in [0.29, 0.717) is 17.9 Å². The van der Waals surface area contributed by atoms with E-state index in [2.05, 4.69) is 20.8 Å². The summed E-state index contributed by atoms with van der Waals surface area (Å²) >= 11 is 6.84. The molecule has 0 saturated carbocycles. The second-order valence-electron chi connectivity index (χ2n) is 8.60. The molecule has 0 aliphatic heterocycles. The summed E-state index contributed by atoms with van der Waals surface area (Å²) in [5, 5.41) is -0.260. The fourth-order valence-electron chi connectivity index (χ4n) is 3.33. The maximum atomic E-state index is 14.5. The van der Waals surface area contributed by atoms with E-state index in [1.165, 1.54) is 6.07 Å². The number of ether oxygens (including phenoxy) is 2. The van der Waals surface area contributed by atoms with Crippen molar-refractivity contribution < 1.29 is 13.9 Å². The molecule has 1 atom stereocenters. The van der Waals surface area contributed by atoms with Crippen LogP contribution in [-0.2, 0) is 6.61 Å². The fourth-order valence-corrected chi connectivity index (χ4v) is 3.96. The first-order chi connectivity index (χ1) is 14.3. The smallest absolute Gasteiger partial charge is 0.131 e. The molecule has 0 amide bonds. The van der Waals surface area contributed by atoms with Crippen LogP contribution in [0.1, 0.15) is 43.7 Å². The van der Waals surface area contributed by atoms with Gasteiger partial charge >= 0.3 is 0 Å². The van der Waals surface area contributed by atoms with Gasteiger partial charge < -0.3 is 9.47 Å². The van der Waals surface area contributed by atoms with E-state index in [1.54, 1.807) is 19.2 Å². The molecule has 0 fully saturated rings. The highest BCUT2D eigenvalue weighted by molar-refractivity contribution is 6.21. The maximum Gasteiger partial charge on any atom is 0.131 e. The first-order valence-electron chi connectivity index (χ1n) is 10.1. The molecule has 0 heterocycles. The summed E-state index contributed by atoms with van der Waals surface area (Å²) in [6.07, 6.45) is 0.764. The Balaban J connectivity index is 1.98. The van der Waals surface area contributed by atoms with E-state index in [0.717, 1.165) is 28.9 Å². The van der Waals surface area contributed by atoms with E-state index in [9.17, 15) is 4.39 Å². The SMILES string of the molecule is COc1ccc(F)c(-c2ccc(OCc3ccccc3)c(C(Cl)CC(C)(C)C)c2)c1. The van der Waals surface area contributed by atoms with Gasteiger partial charge in [0.15, 0.2) is 0 Å². The van der Waals surface area contributed by atoms with Gasteiger partial charge in [-0.1, -0.05) is 57.2 Å². The molecule has 0 N–H and O–H groups in total. The van der Waals surface area contributed by atoms with Crippen molar-refractivity contribution in [1.29, 1.82) is 0 Å². The monoisotopic (exact) mass is 426 g/mol. The molecule has 3 aromatic rings. The van der Waals surface area contributed by atoms with Crippen LogP contribution in [0.2, 0.25) is 0 Å². The van der Waals surface area contributed by atoms with Crippen molar-refractivity contribution in [3.8, 4) is 22.6 Å². The molecular weight excluding hydrogens is 399 g/mol. The van der Waals surface area contributed by atoms with E-state index in [4.69, 9.17) is 21.1 Å². The first-order valence-corrected chi connectivity index (χ1v) is 10.5. The standard InChI is InChI=1S/C26H28ClFO2/c1-26(2,3)16-23(27)22-14-19(21-15-20(29-4)11-12-24(21)28)10-13-25(22)30-17-18-8-6-5-7-9-18/h5-15,23H,16-17H2,1-4H3. The molecule has 0 saturated heterocycles. The molecule has 0 bridgehead atoms. The molecule has 3 rings (SSSR count). The van der Waals surface area contributed by atoms with Crippen LogP contribution in [-0.4, -0.2) is 7.11 Å². The predicted octanol–water partition coefficient (Wildman–Crippen LogP) is 7.80. The van der Waals surface area contributed by atoms with Gasteiger partial charge in [0.2, 0.25) is 0 Å². The molecule has 2 nitrogen and oxygen atoms in total. The number of alkyl halides is 1. The zero-order valence-corrected chi connectivity index (χ0v) is 18.7. The van der Waals surface area contributed by atoms with Crippen molar-refractivity contribution in [2.75, 3.05) is 7.11 Å². The van der Waals surface area contributed by atoms with Crippen molar-refractivity contribution in [1.82, 2.24) is 0 Å². The Morgan fingerprint density at radius 3 is 2.37 bits per heavy atom. The Hall–Kier alpha value is -2.52. The molecule has 0 aromatic heterocycles. The molecule has 1 unspecified atom stereocenters. The highest BCUT2D eigenvalue weighted by Gasteiger charge is 2.22. The third-order valence-electron chi connectivity index (χ3n) is 4.86. The molecule has 0 aliphatic rings. The Kier molecular flexibility index (Phi) is 7.04. The minimum atomic E-state index is -0.304. The van der Waals surface area contributed by atoms with Gasteiger partial charge in [-0.15, -0.1) is 11.6 Å². The molecule has 0 aliphatic carbocycles. The summed E-state index contributed by atoms with van der Waals surface area (Å²) in [6, 6.07) is 20.4. The Bertz CT molecular complexity index is 980. The average Bonchev–Trinajstić information content (AvgIpc) is 2.72. The van der Waals surface area contributed by atoms with Gasteiger partial charge in [-0.05, 0) is 53.3 Å². The minimum absolute atomic E-state index is 0.0420. The normalized spacial score (nSPS) is 12.5. The van der Waals surface area contributed by atoms with Crippen LogP contribution in [0.3, 0.4) is 0 Å². The van der Waals surface area contributed by atoms with Gasteiger partial charge in [0.25, 0.3) is 0 Å². The van der Waals surface area contributed by atoms with Crippen LogP contribution < -0.4 is 9.47 Å². The molecular formula is C26H28ClFO2. The van der Waals surface area contributed by atoms with Crippen LogP contribution in [0.15, 0.2) is 66.7 Å². The fraction of sp³-hybridized carbons (Fsp3) is 0.308. The lowest BCUT2D eigenvalue weighted by Crippen LogP contribution is -2.10. The average molecular weight is 427 g/mol. The molecule has 0 radical (unpaired) electrons. The number of methoxy groups -OCH3 is 1. The van der Waals surface area contributed by atoms with Crippen molar-refractivity contribution in [2.45, 2.75) is 39.2 Å². The maximum absolute atomic E-state index is 14.5. The van der Waals surface area contributed by atoms with Crippen molar-refractivity contribution in [3.05, 3.63) is 83.7 Å². The van der Waals surface area contributed by atoms with Gasteiger partial charge in [0.1, 0.15) is 23.9 Å². The molecule has 158 valence electrons. The number of benzene rings is 3. The van der Waals surface area contributed by atoms with E-state index in [1.807, 2.05) is 48.5 Å². The van der Waals surface area contributed by atoms with Gasteiger partial charge in [0.05, 0.1) is 12.5 Å². The number of halogens is 2. The van der Waals surface area contributed by atoms with Gasteiger partial charge in [-0.2, -0.15) is 0 Å². The summed E-state index contributed by atoms with van der Waals surface area (Å²) in [5.74, 6) is 1.02. The number of hydrogen-bond donors (Lipinski definition) is 0. The quantitative estimate of drug-likeness (QED) is 0.359. The zero-order valence-electron chi connectivity index (χ0n) is 17.9. The molecule has 4 heteroatoms. The highest BCUT2D eigenvalue weighted by Crippen LogP contribution is 2.41. The lowest BCUT2D eigenvalue weighted by molar-refractivity contribution is 0.299. The lowest BCUT2D eigenvalue weighted by atomic mass is 9.87. The molecule has 30 heavy (non-hydrogen) atoms. The third-order valence-corrected chi connectivity index (χ3v) is 5.25. The van der Waals surface area contributed by atoms with Crippen molar-refractivity contribution in [3.63, 3.8) is 0 Å². The van der Waals surface area contributed by atoms with Crippen molar-refractivity contribution in [2.24, 2.45) is 5.41 Å². The number of rotatable bonds is 7. The van der Waals surface area contributed by atoms with E-state index in [-0.39, 0.29) is 16.6 Å². The van der Waals surface area contributed by atoms with Crippen LogP contribution in [0.25, 0.3) is 11.1 Å². The molecule has 0 spiro atoms. The summed E-state index contributed by atoms with van der Waals surface area (Å²) in [4.78, 5) is 0. The van der Waals surface area contributed by atoms with Crippen molar-refractivity contribution >= 4 is 11.6 Å². The van der Waals surface area contributed by atoms with Crippen LogP contribution in [0.5, 0.6) is 11.5 Å². The predicted molar refractivity (Wildman–Crippen MR) is 122 cm³/mol. The second kappa shape index (κ2) is 9.53. The Morgan fingerprint density at radius 1 is 0.967 bits per heavy atom. The van der Waals surface area contributed by atoms with E-state index < -0.39 is 0 Å². The summed E-state index contributed by atoms with van der Waals surface area (Å²) in [6.45, 7) is 6.90. The van der Waals surface area contributed by atoms with Gasteiger partial charge in [-0.3, -0.25) is 0 Å². The summed E-state index contributed by atoms with van der Waals surface area (Å²) in [7, 11) is 1.57. The van der Waals surface area contributed by atoms with E-state index >= 15 is 0 Å². The van der Waals surface area contributed by atoms with Gasteiger partial charge in [-0.25, -0.2) is 4.39 Å². The second-order valence-corrected chi connectivity index (χ2v) is 9.13. The minimum Gasteiger partial charge on any atom is -0.497 e. The highest BCUT2D eigenvalue weighted by atomic mass is 35.5. The number of hydrogen-bond acceptors (Lipinski definition) is 2. The zero-order chi connectivity index (χ0) is 21.7. The lowest BCUT2D eigenvalue weighted by Gasteiger charge is -2.24. The Morgan fingerprint density at radius 2 is 1.70 bits per heavy atom. The summed E-state index contributed by atoms with van der Waals surface area (Å²) < 4.78 is 25.9. The van der Waals surface area contributed by atoms with Crippen LogP contribution in [0.4, 0.5) is 4.39 Å². The largest absolute Gasteiger partial charge is 0.497 e. The van der Waals surface area contributed by atoms with Crippen LogP contribution in [0, 0.1) is 11.2 Å².